The Morgan fingerprint density at radius 3 is 1.45 bits per heavy atom. The van der Waals surface area contributed by atoms with Crippen molar-refractivity contribution in [2.24, 2.45) is 11.5 Å². The van der Waals surface area contributed by atoms with Crippen molar-refractivity contribution in [3.05, 3.63) is 12.2 Å². The lowest BCUT2D eigenvalue weighted by Gasteiger charge is -2.00. The molecule has 0 aromatic carbocycles. The van der Waals surface area contributed by atoms with Gasteiger partial charge in [0.15, 0.2) is 0 Å². The van der Waals surface area contributed by atoms with E-state index in [2.05, 4.69) is 0 Å². The predicted octanol–water partition coefficient (Wildman–Crippen LogP) is 1.13. The van der Waals surface area contributed by atoms with E-state index in [1.54, 1.807) is 0 Å². The Hall–Kier alpha value is -1.40. The van der Waals surface area contributed by atoms with Crippen LogP contribution in [0.3, 0.4) is 0 Å². The van der Waals surface area contributed by atoms with Crippen molar-refractivity contribution in [1.82, 2.24) is 0 Å². The summed E-state index contributed by atoms with van der Waals surface area (Å²) in [6.45, 7) is 6.00. The van der Waals surface area contributed by atoms with E-state index < -0.39 is 11.9 Å². The SMILES string of the molecule is CCCCOC(=O)/C=C\C(=O)OCCCC.NCCN. The number of esters is 2. The molecule has 0 unspecified atom stereocenters. The average Bonchev–Trinajstić information content (AvgIpc) is 2.46. The molecule has 4 N–H and O–H groups in total. The zero-order chi connectivity index (χ0) is 15.6. The molecule has 0 aromatic rings. The Kier molecular flexibility index (Phi) is 18.4. The molecule has 0 amide bonds. The number of unbranched alkanes of at least 4 members (excludes halogenated alkanes) is 2. The van der Waals surface area contributed by atoms with Gasteiger partial charge in [-0.05, 0) is 12.8 Å². The quantitative estimate of drug-likeness (QED) is 0.374. The number of nitrogens with two attached hydrogens (primary N) is 2. The van der Waals surface area contributed by atoms with E-state index in [-0.39, 0.29) is 0 Å². The molecular weight excluding hydrogens is 260 g/mol. The van der Waals surface area contributed by atoms with Gasteiger partial charge in [-0.2, -0.15) is 0 Å². The van der Waals surface area contributed by atoms with Crippen LogP contribution < -0.4 is 11.5 Å². The molecule has 6 heteroatoms. The number of rotatable bonds is 9. The summed E-state index contributed by atoms with van der Waals surface area (Å²) < 4.78 is 9.65. The highest BCUT2D eigenvalue weighted by Crippen LogP contribution is 1.92. The first kappa shape index (κ1) is 20.9. The Labute approximate surface area is 121 Å². The van der Waals surface area contributed by atoms with E-state index in [0.717, 1.165) is 37.8 Å². The van der Waals surface area contributed by atoms with E-state index in [4.69, 9.17) is 20.9 Å². The molecule has 0 saturated heterocycles. The average molecular weight is 288 g/mol. The minimum atomic E-state index is -0.499. The molecule has 6 nitrogen and oxygen atoms in total. The lowest BCUT2D eigenvalue weighted by molar-refractivity contribution is -0.140. The fourth-order valence-corrected chi connectivity index (χ4v) is 0.867. The van der Waals surface area contributed by atoms with Crippen molar-refractivity contribution < 1.29 is 19.1 Å². The second kappa shape index (κ2) is 17.6. The highest BCUT2D eigenvalue weighted by atomic mass is 16.5. The zero-order valence-corrected chi connectivity index (χ0v) is 12.6. The Morgan fingerprint density at radius 1 is 0.850 bits per heavy atom. The van der Waals surface area contributed by atoms with Crippen molar-refractivity contribution in [3.63, 3.8) is 0 Å². The van der Waals surface area contributed by atoms with Crippen LogP contribution >= 0.6 is 0 Å². The lowest BCUT2D eigenvalue weighted by Crippen LogP contribution is -2.11. The molecule has 0 aliphatic heterocycles. The third kappa shape index (κ3) is 19.0. The number of hydrogen-bond acceptors (Lipinski definition) is 6. The summed E-state index contributed by atoms with van der Waals surface area (Å²) in [5.41, 5.74) is 9.81. The normalized spacial score (nSPS) is 9.80. The third-order valence-electron chi connectivity index (χ3n) is 2.01. The van der Waals surface area contributed by atoms with Crippen LogP contribution in [0.5, 0.6) is 0 Å². The van der Waals surface area contributed by atoms with Crippen LogP contribution in [0.2, 0.25) is 0 Å². The Bertz CT molecular complexity index is 242. The smallest absolute Gasteiger partial charge is 0.331 e. The van der Waals surface area contributed by atoms with Gasteiger partial charge in [-0.1, -0.05) is 26.7 Å². The molecule has 0 heterocycles. The minimum absolute atomic E-state index is 0.393. The maximum Gasteiger partial charge on any atom is 0.331 e. The Morgan fingerprint density at radius 2 is 1.20 bits per heavy atom. The van der Waals surface area contributed by atoms with Crippen LogP contribution in [0.1, 0.15) is 39.5 Å². The molecule has 0 aromatic heterocycles. The molecule has 0 aliphatic carbocycles. The highest BCUT2D eigenvalue weighted by Gasteiger charge is 2.00. The summed E-state index contributed by atoms with van der Waals surface area (Å²) in [4.78, 5) is 22.1. The largest absolute Gasteiger partial charge is 0.463 e. The van der Waals surface area contributed by atoms with Crippen molar-refractivity contribution in [3.8, 4) is 0 Å². The fourth-order valence-electron chi connectivity index (χ4n) is 0.867. The summed E-state index contributed by atoms with van der Waals surface area (Å²) in [5.74, 6) is -0.998. The number of ether oxygens (including phenoxy) is 2. The van der Waals surface area contributed by atoms with Crippen LogP contribution in [-0.2, 0) is 19.1 Å². The van der Waals surface area contributed by atoms with E-state index in [9.17, 15) is 9.59 Å². The van der Waals surface area contributed by atoms with Crippen molar-refractivity contribution in [2.45, 2.75) is 39.5 Å². The first-order chi connectivity index (χ1) is 9.62. The molecular formula is C14H28N2O4. The first-order valence-corrected chi connectivity index (χ1v) is 7.04. The van der Waals surface area contributed by atoms with Gasteiger partial charge in [0.25, 0.3) is 0 Å². The van der Waals surface area contributed by atoms with E-state index in [1.165, 1.54) is 0 Å². The number of carbonyl (C=O) groups is 2. The first-order valence-electron chi connectivity index (χ1n) is 7.04. The molecule has 0 spiro atoms. The van der Waals surface area contributed by atoms with Crippen molar-refractivity contribution in [1.29, 1.82) is 0 Å². The van der Waals surface area contributed by atoms with Crippen molar-refractivity contribution >= 4 is 11.9 Å². The molecule has 0 fully saturated rings. The van der Waals surface area contributed by atoms with Gasteiger partial charge < -0.3 is 20.9 Å². The van der Waals surface area contributed by atoms with Crippen LogP contribution in [-0.4, -0.2) is 38.2 Å². The van der Waals surface area contributed by atoms with E-state index >= 15 is 0 Å². The van der Waals surface area contributed by atoms with Crippen molar-refractivity contribution in [2.75, 3.05) is 26.3 Å². The standard InChI is InChI=1S/C12H20O4.C2H8N2/c1-3-5-9-15-11(13)7-8-12(14)16-10-6-4-2;3-1-2-4/h7-8H,3-6,9-10H2,1-2H3;1-4H2/b8-7-;. The Balaban J connectivity index is 0. The number of hydrogen-bond donors (Lipinski definition) is 2. The third-order valence-corrected chi connectivity index (χ3v) is 2.01. The van der Waals surface area contributed by atoms with Gasteiger partial charge in [0.05, 0.1) is 13.2 Å². The second-order valence-electron chi connectivity index (χ2n) is 3.95. The molecule has 0 bridgehead atoms. The minimum Gasteiger partial charge on any atom is -0.463 e. The maximum absolute atomic E-state index is 11.0. The molecule has 0 aliphatic rings. The molecule has 0 atom stereocenters. The fraction of sp³-hybridized carbons (Fsp3) is 0.714. The lowest BCUT2D eigenvalue weighted by atomic mass is 10.4. The summed E-state index contributed by atoms with van der Waals surface area (Å²) >= 11 is 0. The van der Waals surface area contributed by atoms with Gasteiger partial charge in [0, 0.05) is 25.2 Å². The summed E-state index contributed by atoms with van der Waals surface area (Å²) in [5, 5.41) is 0. The second-order valence-corrected chi connectivity index (χ2v) is 3.95. The molecule has 0 saturated carbocycles. The maximum atomic E-state index is 11.0. The van der Waals surface area contributed by atoms with Crippen LogP contribution in [0.4, 0.5) is 0 Å². The van der Waals surface area contributed by atoms with Gasteiger partial charge >= 0.3 is 11.9 Å². The summed E-state index contributed by atoms with van der Waals surface area (Å²) in [7, 11) is 0. The van der Waals surface area contributed by atoms with E-state index in [0.29, 0.717) is 26.3 Å². The van der Waals surface area contributed by atoms with Gasteiger partial charge in [-0.3, -0.25) is 0 Å². The molecule has 0 radical (unpaired) electrons. The van der Waals surface area contributed by atoms with E-state index in [1.807, 2.05) is 13.8 Å². The van der Waals surface area contributed by atoms with Crippen LogP contribution in [0.15, 0.2) is 12.2 Å². The van der Waals surface area contributed by atoms with Gasteiger partial charge in [0.2, 0.25) is 0 Å². The zero-order valence-electron chi connectivity index (χ0n) is 12.6. The van der Waals surface area contributed by atoms with Crippen LogP contribution in [0, 0.1) is 0 Å². The monoisotopic (exact) mass is 288 g/mol. The van der Waals surface area contributed by atoms with Gasteiger partial charge in [0.1, 0.15) is 0 Å². The van der Waals surface area contributed by atoms with Gasteiger partial charge in [-0.25, -0.2) is 9.59 Å². The predicted molar refractivity (Wildman–Crippen MR) is 79.0 cm³/mol. The summed E-state index contributed by atoms with van der Waals surface area (Å²) in [6.07, 6.45) is 5.81. The molecule has 118 valence electrons. The highest BCUT2D eigenvalue weighted by molar-refractivity contribution is 5.91. The summed E-state index contributed by atoms with van der Waals surface area (Å²) in [6, 6.07) is 0. The molecule has 0 rings (SSSR count). The van der Waals surface area contributed by atoms with Crippen LogP contribution in [0.25, 0.3) is 0 Å². The topological polar surface area (TPSA) is 105 Å². The number of carbonyl (C=O) groups excluding carboxylic acids is 2. The molecule has 20 heavy (non-hydrogen) atoms. The van der Waals surface area contributed by atoms with Gasteiger partial charge in [-0.15, -0.1) is 0 Å².